The van der Waals surface area contributed by atoms with E-state index in [9.17, 15) is 13.6 Å². The van der Waals surface area contributed by atoms with E-state index in [1.807, 2.05) is 36.4 Å². The molecule has 1 N–H and O–H groups in total. The fourth-order valence-corrected chi connectivity index (χ4v) is 4.22. The molecule has 2 aliphatic heterocycles. The molecular weight excluding hydrogens is 390 g/mol. The fraction of sp³-hybridized carbons (Fsp3) is 0.190. The predicted octanol–water partition coefficient (Wildman–Crippen LogP) is 3.15. The average molecular weight is 409 g/mol. The van der Waals surface area contributed by atoms with Crippen LogP contribution in [0.1, 0.15) is 12.5 Å². The van der Waals surface area contributed by atoms with Gasteiger partial charge in [-0.15, -0.1) is 0 Å². The van der Waals surface area contributed by atoms with E-state index in [-0.39, 0.29) is 10.8 Å². The maximum atomic E-state index is 13.5. The average Bonchev–Trinajstić information content (AvgIpc) is 3.33. The molecule has 0 radical (unpaired) electrons. The number of hydrogen-bond acceptors (Lipinski definition) is 5. The van der Waals surface area contributed by atoms with E-state index in [0.29, 0.717) is 22.7 Å². The third-order valence-electron chi connectivity index (χ3n) is 5.10. The molecule has 7 nitrogen and oxygen atoms in total. The Balaban J connectivity index is 1.86. The van der Waals surface area contributed by atoms with Crippen molar-refractivity contribution in [3.05, 3.63) is 66.2 Å². The summed E-state index contributed by atoms with van der Waals surface area (Å²) in [6, 6.07) is 13.9. The molecule has 2 aliphatic rings. The molecule has 2 aromatic carbocycles. The van der Waals surface area contributed by atoms with Crippen molar-refractivity contribution < 1.29 is 18.3 Å². The zero-order valence-corrected chi connectivity index (χ0v) is 16.7. The minimum absolute atomic E-state index is 0.204. The molecule has 148 valence electrons. The van der Waals surface area contributed by atoms with Crippen LogP contribution in [0.15, 0.2) is 75.7 Å². The van der Waals surface area contributed by atoms with E-state index < -0.39 is 22.5 Å². The highest BCUT2D eigenvalue weighted by atomic mass is 32.2. The van der Waals surface area contributed by atoms with E-state index in [0.717, 1.165) is 0 Å². The summed E-state index contributed by atoms with van der Waals surface area (Å²) in [5.41, 5.74) is 0.681. The number of rotatable bonds is 5. The molecule has 8 heteroatoms. The summed E-state index contributed by atoms with van der Waals surface area (Å²) in [5.74, 6) is -0.467. The van der Waals surface area contributed by atoms with E-state index in [4.69, 9.17) is 4.74 Å². The number of aliphatic imine (C=N–C) groups is 1. The van der Waals surface area contributed by atoms with Gasteiger partial charge in [0.1, 0.15) is 17.2 Å². The molecule has 0 aliphatic carbocycles. The van der Waals surface area contributed by atoms with Gasteiger partial charge in [0, 0.05) is 11.8 Å². The van der Waals surface area contributed by atoms with Gasteiger partial charge in [-0.05, 0) is 49.4 Å². The first-order valence-electron chi connectivity index (χ1n) is 8.94. The monoisotopic (exact) mass is 409 g/mol. The summed E-state index contributed by atoms with van der Waals surface area (Å²) in [5, 5.41) is 5.87. The number of hydrazone groups is 1. The van der Waals surface area contributed by atoms with Crippen molar-refractivity contribution in [1.82, 2.24) is 0 Å². The fourth-order valence-electron chi connectivity index (χ4n) is 3.82. The van der Waals surface area contributed by atoms with Gasteiger partial charge >= 0.3 is 0 Å². The lowest BCUT2D eigenvalue weighted by Gasteiger charge is -2.32. The lowest BCUT2D eigenvalue weighted by atomic mass is 9.76. The molecule has 1 amide bonds. The molecule has 3 atom stereocenters. The second kappa shape index (κ2) is 7.38. The smallest absolute Gasteiger partial charge is 0.259 e. The first-order valence-corrected chi connectivity index (χ1v) is 10.0. The largest absolute Gasteiger partial charge is 0.496 e. The molecule has 4 rings (SSSR count). The number of nitrogens with zero attached hydrogens (tertiary/aromatic N) is 3. The van der Waals surface area contributed by atoms with Gasteiger partial charge in [-0.3, -0.25) is 9.79 Å². The quantitative estimate of drug-likeness (QED) is 0.768. The molecule has 29 heavy (non-hydrogen) atoms. The van der Waals surface area contributed by atoms with Crippen LogP contribution in [-0.4, -0.2) is 33.7 Å². The Bertz CT molecular complexity index is 1070. The zero-order chi connectivity index (χ0) is 20.6. The summed E-state index contributed by atoms with van der Waals surface area (Å²) in [6.45, 7) is 1.79. The number of ether oxygens (including phenoxy) is 1. The molecule has 0 saturated carbocycles. The number of allylic oxidation sites excluding steroid dienone is 1. The van der Waals surface area contributed by atoms with Gasteiger partial charge in [0.25, 0.3) is 5.91 Å². The lowest BCUT2D eigenvalue weighted by Crippen LogP contribution is -2.41. The van der Waals surface area contributed by atoms with Gasteiger partial charge < -0.3 is 9.29 Å². The first-order chi connectivity index (χ1) is 14.0. The Kier molecular flexibility index (Phi) is 4.89. The summed E-state index contributed by atoms with van der Waals surface area (Å²) in [4.78, 5) is 18.3. The molecule has 0 bridgehead atoms. The van der Waals surface area contributed by atoms with Crippen molar-refractivity contribution in [2.45, 2.75) is 17.4 Å². The van der Waals surface area contributed by atoms with Crippen LogP contribution in [0.5, 0.6) is 5.75 Å². The summed E-state index contributed by atoms with van der Waals surface area (Å²) in [6.07, 6.45) is 5.19. The molecule has 0 aromatic heterocycles. The van der Waals surface area contributed by atoms with E-state index in [2.05, 4.69) is 10.1 Å². The van der Waals surface area contributed by atoms with Crippen molar-refractivity contribution >= 4 is 34.6 Å². The van der Waals surface area contributed by atoms with E-state index in [1.54, 1.807) is 31.3 Å². The number of benzene rings is 2. The van der Waals surface area contributed by atoms with Crippen LogP contribution >= 0.6 is 0 Å². The molecule has 3 unspecified atom stereocenters. The Morgan fingerprint density at radius 2 is 1.97 bits per heavy atom. The van der Waals surface area contributed by atoms with E-state index in [1.165, 1.54) is 18.2 Å². The van der Waals surface area contributed by atoms with Crippen LogP contribution in [-0.2, 0) is 21.4 Å². The number of carbonyl (C=O) groups excluding carboxylic acids is 1. The number of anilines is 1. The molecule has 2 heterocycles. The molecule has 0 spiro atoms. The van der Waals surface area contributed by atoms with Gasteiger partial charge in [-0.25, -0.2) is 9.22 Å². The van der Waals surface area contributed by atoms with Crippen molar-refractivity contribution in [2.75, 3.05) is 12.1 Å². The number of carbonyl (C=O) groups is 1. The lowest BCUT2D eigenvalue weighted by molar-refractivity contribution is -0.120. The number of hydrogen-bond donors (Lipinski definition) is 1. The highest BCUT2D eigenvalue weighted by molar-refractivity contribution is 7.79. The molecule has 2 aromatic rings. The van der Waals surface area contributed by atoms with Gasteiger partial charge in [0.05, 0.1) is 23.4 Å². The Hall–Kier alpha value is -3.10. The van der Waals surface area contributed by atoms with Crippen molar-refractivity contribution in [3.63, 3.8) is 0 Å². The highest BCUT2D eigenvalue weighted by Gasteiger charge is 2.51. The maximum Gasteiger partial charge on any atom is 0.259 e. The molecular formula is C21H19N3O4S. The number of methoxy groups -OCH3 is 1. The van der Waals surface area contributed by atoms with Gasteiger partial charge in [-0.2, -0.15) is 5.10 Å². The minimum atomic E-state index is -2.18. The van der Waals surface area contributed by atoms with E-state index >= 15 is 0 Å². The van der Waals surface area contributed by atoms with Crippen LogP contribution in [0.2, 0.25) is 0 Å². The standard InChI is InChI=1S/C21H19N3O4S/c1-14-19(20(25)24(23-14)15-7-4-3-5-8-15)21(11-6-12-22-21)17-13-16(29(26)27)9-10-18(17)28-2/h3-13,19H,1-2H3,(H,26,27). The predicted molar refractivity (Wildman–Crippen MR) is 112 cm³/mol. The third-order valence-corrected chi connectivity index (χ3v) is 5.76. The van der Waals surface area contributed by atoms with Crippen molar-refractivity contribution in [1.29, 1.82) is 0 Å². The van der Waals surface area contributed by atoms with Crippen LogP contribution in [0.4, 0.5) is 5.69 Å². The van der Waals surface area contributed by atoms with Gasteiger partial charge in [0.2, 0.25) is 0 Å². The second-order valence-electron chi connectivity index (χ2n) is 6.73. The zero-order valence-electron chi connectivity index (χ0n) is 15.9. The van der Waals surface area contributed by atoms with Crippen molar-refractivity contribution in [3.8, 4) is 5.75 Å². The van der Waals surface area contributed by atoms with Gasteiger partial charge in [-0.1, -0.05) is 18.2 Å². The number of amides is 1. The maximum absolute atomic E-state index is 13.5. The molecule has 0 saturated heterocycles. The Morgan fingerprint density at radius 1 is 1.21 bits per heavy atom. The Labute approximate surface area is 170 Å². The van der Waals surface area contributed by atoms with Crippen LogP contribution in [0.3, 0.4) is 0 Å². The summed E-state index contributed by atoms with van der Waals surface area (Å²) < 4.78 is 26.8. The third kappa shape index (κ3) is 3.10. The SMILES string of the molecule is COc1ccc(S(=O)O)cc1C1(C2C(=O)N(c3ccccc3)N=C2C)C=CC=N1. The molecule has 0 fully saturated rings. The van der Waals surface area contributed by atoms with Crippen LogP contribution < -0.4 is 9.75 Å². The summed E-state index contributed by atoms with van der Waals surface area (Å²) in [7, 11) is 1.51. The van der Waals surface area contributed by atoms with Crippen LogP contribution in [0.25, 0.3) is 0 Å². The number of para-hydroxylation sites is 1. The van der Waals surface area contributed by atoms with Gasteiger partial charge in [0.15, 0.2) is 11.1 Å². The first kappa shape index (κ1) is 19.2. The summed E-state index contributed by atoms with van der Waals surface area (Å²) >= 11 is -2.18. The normalized spacial score (nSPS) is 24.1. The Morgan fingerprint density at radius 3 is 2.59 bits per heavy atom. The highest BCUT2D eigenvalue weighted by Crippen LogP contribution is 2.46. The second-order valence-corrected chi connectivity index (χ2v) is 7.70. The topological polar surface area (TPSA) is 91.6 Å². The van der Waals surface area contributed by atoms with Crippen molar-refractivity contribution in [2.24, 2.45) is 16.0 Å². The minimum Gasteiger partial charge on any atom is -0.496 e. The van der Waals surface area contributed by atoms with Crippen LogP contribution in [0, 0.1) is 5.92 Å².